The number of thioether (sulfide) groups is 1. The van der Waals surface area contributed by atoms with Crippen molar-refractivity contribution in [2.24, 2.45) is 0 Å². The Bertz CT molecular complexity index is 867. The van der Waals surface area contributed by atoms with E-state index in [1.165, 1.54) is 0 Å². The lowest BCUT2D eigenvalue weighted by atomic mass is 10.2. The number of aromatic nitrogens is 3. The molecule has 25 heavy (non-hydrogen) atoms. The second-order valence-corrected chi connectivity index (χ2v) is 6.06. The molecule has 0 atom stereocenters. The SMILES string of the molecule is COc1ccc(C)cc1NC(=O)CSc1nnc(-c2ccccn2)o1. The Hall–Kier alpha value is -2.87. The maximum Gasteiger partial charge on any atom is 0.277 e. The molecule has 0 aliphatic heterocycles. The Labute approximate surface area is 148 Å². The molecule has 2 aromatic heterocycles. The van der Waals surface area contributed by atoms with Gasteiger partial charge in [0.25, 0.3) is 11.1 Å². The number of nitrogens with one attached hydrogen (secondary N) is 1. The van der Waals surface area contributed by atoms with Gasteiger partial charge in [0, 0.05) is 6.20 Å². The number of carbonyl (C=O) groups excluding carboxylic acids is 1. The van der Waals surface area contributed by atoms with Gasteiger partial charge in [-0.25, -0.2) is 0 Å². The molecule has 0 fully saturated rings. The zero-order valence-electron chi connectivity index (χ0n) is 13.7. The van der Waals surface area contributed by atoms with Gasteiger partial charge in [-0.15, -0.1) is 10.2 Å². The van der Waals surface area contributed by atoms with E-state index in [4.69, 9.17) is 9.15 Å². The van der Waals surface area contributed by atoms with Gasteiger partial charge in [-0.05, 0) is 36.8 Å². The van der Waals surface area contributed by atoms with Crippen LogP contribution < -0.4 is 10.1 Å². The molecule has 0 aliphatic rings. The van der Waals surface area contributed by atoms with Crippen molar-refractivity contribution in [2.75, 3.05) is 18.2 Å². The van der Waals surface area contributed by atoms with Gasteiger partial charge in [-0.1, -0.05) is 23.9 Å². The molecule has 1 N–H and O–H groups in total. The summed E-state index contributed by atoms with van der Waals surface area (Å²) >= 11 is 1.16. The first-order chi connectivity index (χ1) is 12.2. The zero-order valence-corrected chi connectivity index (χ0v) is 14.5. The summed E-state index contributed by atoms with van der Waals surface area (Å²) in [6.45, 7) is 1.95. The van der Waals surface area contributed by atoms with Crippen molar-refractivity contribution in [3.8, 4) is 17.3 Å². The maximum atomic E-state index is 12.2. The van der Waals surface area contributed by atoms with Crippen molar-refractivity contribution in [1.29, 1.82) is 0 Å². The Morgan fingerprint density at radius 1 is 1.28 bits per heavy atom. The van der Waals surface area contributed by atoms with E-state index in [0.717, 1.165) is 17.3 Å². The summed E-state index contributed by atoms with van der Waals surface area (Å²) in [5, 5.41) is 11.0. The molecule has 0 saturated carbocycles. The molecule has 1 amide bonds. The van der Waals surface area contributed by atoms with Gasteiger partial charge in [0.2, 0.25) is 5.91 Å². The maximum absolute atomic E-state index is 12.2. The Kier molecular flexibility index (Phi) is 5.30. The third-order valence-corrected chi connectivity index (χ3v) is 4.06. The summed E-state index contributed by atoms with van der Waals surface area (Å²) in [6.07, 6.45) is 1.65. The average Bonchev–Trinajstić information content (AvgIpc) is 3.10. The van der Waals surface area contributed by atoms with E-state index in [9.17, 15) is 4.79 Å². The molecule has 1 aromatic carbocycles. The first-order valence-electron chi connectivity index (χ1n) is 7.48. The van der Waals surface area contributed by atoms with Crippen molar-refractivity contribution in [1.82, 2.24) is 15.2 Å². The topological polar surface area (TPSA) is 90.1 Å². The summed E-state index contributed by atoms with van der Waals surface area (Å²) < 4.78 is 10.8. The summed E-state index contributed by atoms with van der Waals surface area (Å²) in [6, 6.07) is 11.0. The Morgan fingerprint density at radius 2 is 2.16 bits per heavy atom. The number of benzene rings is 1. The first kappa shape index (κ1) is 17.0. The van der Waals surface area contributed by atoms with Crippen LogP contribution in [-0.4, -0.2) is 34.0 Å². The minimum Gasteiger partial charge on any atom is -0.495 e. The van der Waals surface area contributed by atoms with E-state index >= 15 is 0 Å². The standard InChI is InChI=1S/C17H16N4O3S/c1-11-6-7-14(23-2)13(9-11)19-15(22)10-25-17-21-20-16(24-17)12-5-3-4-8-18-12/h3-9H,10H2,1-2H3,(H,19,22). The molecule has 8 heteroatoms. The minimum absolute atomic E-state index is 0.140. The number of hydrogen-bond acceptors (Lipinski definition) is 7. The Balaban J connectivity index is 1.60. The Morgan fingerprint density at radius 3 is 2.92 bits per heavy atom. The highest BCUT2D eigenvalue weighted by Crippen LogP contribution is 2.26. The highest BCUT2D eigenvalue weighted by Gasteiger charge is 2.13. The lowest BCUT2D eigenvalue weighted by molar-refractivity contribution is -0.113. The van der Waals surface area contributed by atoms with Crippen LogP contribution in [0.3, 0.4) is 0 Å². The van der Waals surface area contributed by atoms with Crippen LogP contribution in [0.5, 0.6) is 5.75 Å². The number of ether oxygens (including phenoxy) is 1. The third-order valence-electron chi connectivity index (χ3n) is 3.25. The third kappa shape index (κ3) is 4.36. The zero-order chi connectivity index (χ0) is 17.6. The van der Waals surface area contributed by atoms with Crippen molar-refractivity contribution < 1.29 is 13.9 Å². The van der Waals surface area contributed by atoms with Crippen LogP contribution >= 0.6 is 11.8 Å². The van der Waals surface area contributed by atoms with Gasteiger partial charge in [-0.2, -0.15) is 0 Å². The van der Waals surface area contributed by atoms with Gasteiger partial charge in [0.05, 0.1) is 18.6 Å². The number of rotatable bonds is 6. The lowest BCUT2D eigenvalue weighted by Gasteiger charge is -2.10. The molecule has 7 nitrogen and oxygen atoms in total. The van der Waals surface area contributed by atoms with Crippen molar-refractivity contribution in [3.05, 3.63) is 48.2 Å². The molecule has 0 unspecified atom stereocenters. The van der Waals surface area contributed by atoms with Crippen molar-refractivity contribution in [2.45, 2.75) is 12.1 Å². The average molecular weight is 356 g/mol. The minimum atomic E-state index is -0.188. The molecular formula is C17H16N4O3S. The summed E-state index contributed by atoms with van der Waals surface area (Å²) in [7, 11) is 1.56. The molecule has 0 radical (unpaired) electrons. The predicted molar refractivity (Wildman–Crippen MR) is 94.6 cm³/mol. The molecule has 128 valence electrons. The number of amides is 1. The monoisotopic (exact) mass is 356 g/mol. The largest absolute Gasteiger partial charge is 0.495 e. The van der Waals surface area contributed by atoms with Gasteiger partial charge >= 0.3 is 0 Å². The summed E-state index contributed by atoms with van der Waals surface area (Å²) in [4.78, 5) is 16.3. The number of methoxy groups -OCH3 is 1. The van der Waals surface area contributed by atoms with E-state index in [-0.39, 0.29) is 11.7 Å². The van der Waals surface area contributed by atoms with E-state index in [0.29, 0.717) is 28.2 Å². The second kappa shape index (κ2) is 7.80. The fourth-order valence-electron chi connectivity index (χ4n) is 2.09. The van der Waals surface area contributed by atoms with Gasteiger partial charge in [-0.3, -0.25) is 9.78 Å². The van der Waals surface area contributed by atoms with E-state index < -0.39 is 0 Å². The van der Waals surface area contributed by atoms with Crippen LogP contribution in [0.25, 0.3) is 11.6 Å². The van der Waals surface area contributed by atoms with Crippen LogP contribution in [-0.2, 0) is 4.79 Å². The van der Waals surface area contributed by atoms with Gasteiger partial charge in [0.1, 0.15) is 11.4 Å². The molecule has 2 heterocycles. The van der Waals surface area contributed by atoms with Crippen LogP contribution in [0.2, 0.25) is 0 Å². The molecular weight excluding hydrogens is 340 g/mol. The number of anilines is 1. The summed E-state index contributed by atoms with van der Waals surface area (Å²) in [5.41, 5.74) is 2.25. The number of aryl methyl sites for hydroxylation is 1. The van der Waals surface area contributed by atoms with Crippen LogP contribution in [0.4, 0.5) is 5.69 Å². The fraction of sp³-hybridized carbons (Fsp3) is 0.176. The van der Waals surface area contributed by atoms with Crippen molar-refractivity contribution >= 4 is 23.4 Å². The smallest absolute Gasteiger partial charge is 0.277 e. The van der Waals surface area contributed by atoms with Gasteiger partial charge in [0.15, 0.2) is 0 Å². The molecule has 0 aliphatic carbocycles. The summed E-state index contributed by atoms with van der Waals surface area (Å²) in [5.74, 6) is 0.885. The van der Waals surface area contributed by atoms with Crippen LogP contribution in [0, 0.1) is 6.92 Å². The quantitative estimate of drug-likeness (QED) is 0.678. The number of pyridine rings is 1. The predicted octanol–water partition coefficient (Wildman–Crippen LogP) is 3.18. The molecule has 0 bridgehead atoms. The van der Waals surface area contributed by atoms with E-state index in [2.05, 4.69) is 20.5 Å². The highest BCUT2D eigenvalue weighted by atomic mass is 32.2. The number of nitrogens with zero attached hydrogens (tertiary/aromatic N) is 3. The number of carbonyl (C=O) groups is 1. The van der Waals surface area contributed by atoms with Gasteiger partial charge < -0.3 is 14.5 Å². The van der Waals surface area contributed by atoms with E-state index in [1.807, 2.05) is 31.2 Å². The van der Waals surface area contributed by atoms with Crippen LogP contribution in [0.15, 0.2) is 52.2 Å². The normalized spacial score (nSPS) is 10.5. The highest BCUT2D eigenvalue weighted by molar-refractivity contribution is 7.99. The second-order valence-electron chi connectivity index (χ2n) is 5.13. The molecule has 0 saturated heterocycles. The van der Waals surface area contributed by atoms with E-state index in [1.54, 1.807) is 25.4 Å². The number of hydrogen-bond donors (Lipinski definition) is 1. The fourth-order valence-corrected chi connectivity index (χ4v) is 2.66. The van der Waals surface area contributed by atoms with Crippen LogP contribution in [0.1, 0.15) is 5.56 Å². The molecule has 3 aromatic rings. The lowest BCUT2D eigenvalue weighted by Crippen LogP contribution is -2.14. The molecule has 3 rings (SSSR count). The van der Waals surface area contributed by atoms with Crippen molar-refractivity contribution in [3.63, 3.8) is 0 Å². The first-order valence-corrected chi connectivity index (χ1v) is 8.46. The molecule has 0 spiro atoms.